The first-order valence-corrected chi connectivity index (χ1v) is 4.90. The topological polar surface area (TPSA) is 0 Å². The zero-order valence-corrected chi connectivity index (χ0v) is 8.62. The molecule has 15 heavy (non-hydrogen) atoms. The molecule has 0 saturated heterocycles. The fourth-order valence-corrected chi connectivity index (χ4v) is 1.54. The van der Waals surface area contributed by atoms with Gasteiger partial charge >= 0.3 is 0 Å². The van der Waals surface area contributed by atoms with Gasteiger partial charge in [-0.3, -0.25) is 0 Å². The molecule has 0 heteroatoms. The van der Waals surface area contributed by atoms with Crippen molar-refractivity contribution in [3.05, 3.63) is 60.2 Å². The highest BCUT2D eigenvalue weighted by molar-refractivity contribution is 5.70. The summed E-state index contributed by atoms with van der Waals surface area (Å²) >= 11 is 0. The van der Waals surface area contributed by atoms with Gasteiger partial charge in [-0.1, -0.05) is 48.4 Å². The molecule has 0 atom stereocenters. The van der Waals surface area contributed by atoms with Crippen LogP contribution in [0.15, 0.2) is 48.5 Å². The first-order chi connectivity index (χ1) is 7.42. The van der Waals surface area contributed by atoms with Crippen LogP contribution in [0.5, 0.6) is 0 Å². The summed E-state index contributed by atoms with van der Waals surface area (Å²) in [5.41, 5.74) is 3.44. The Balaban J connectivity index is 2.56. The Kier molecular flexibility index (Phi) is 2.85. The molecule has 1 radical (unpaired) electrons. The molecule has 71 valence electrons. The summed E-state index contributed by atoms with van der Waals surface area (Å²) in [6, 6.07) is 19.1. The summed E-state index contributed by atoms with van der Waals surface area (Å²) in [7, 11) is 0. The fourth-order valence-electron chi connectivity index (χ4n) is 1.54. The Morgan fingerprint density at radius 2 is 1.73 bits per heavy atom. The number of hydrogen-bond acceptors (Lipinski definition) is 0. The zero-order chi connectivity index (χ0) is 10.5. The molecule has 0 aliphatic rings. The molecule has 0 fully saturated rings. The highest BCUT2D eigenvalue weighted by Gasteiger charge is 2.00. The minimum absolute atomic E-state index is 1.08. The smallest absolute Gasteiger partial charge is 0.0323 e. The van der Waals surface area contributed by atoms with Gasteiger partial charge in [-0.05, 0) is 30.2 Å². The minimum Gasteiger partial charge on any atom is -0.101 e. The van der Waals surface area contributed by atoms with Gasteiger partial charge in [0.05, 0.1) is 0 Å². The van der Waals surface area contributed by atoms with Crippen molar-refractivity contribution < 1.29 is 0 Å². The van der Waals surface area contributed by atoms with Crippen LogP contribution in [0.4, 0.5) is 0 Å². The third-order valence-electron chi connectivity index (χ3n) is 2.22. The largest absolute Gasteiger partial charge is 0.101 e. The molecule has 0 heterocycles. The van der Waals surface area contributed by atoms with Crippen molar-refractivity contribution >= 4 is 0 Å². The number of benzene rings is 2. The highest BCUT2D eigenvalue weighted by atomic mass is 14.0. The van der Waals surface area contributed by atoms with Gasteiger partial charge in [-0.15, -0.1) is 5.92 Å². The standard InChI is InChI=1S/C15H11/c1-2-8-13-11-6-7-12-15(13)14-9-4-3-5-10-14/h4-7,9-12H,1H3. The van der Waals surface area contributed by atoms with Crippen LogP contribution in [0.3, 0.4) is 0 Å². The molecule has 0 unspecified atom stereocenters. The van der Waals surface area contributed by atoms with Crippen molar-refractivity contribution in [1.29, 1.82) is 0 Å². The lowest BCUT2D eigenvalue weighted by molar-refractivity contribution is 1.58. The lowest BCUT2D eigenvalue weighted by Gasteiger charge is -2.03. The maximum Gasteiger partial charge on any atom is 0.0323 e. The predicted octanol–water partition coefficient (Wildman–Crippen LogP) is 3.53. The maximum atomic E-state index is 3.11. The molecule has 0 spiro atoms. The van der Waals surface area contributed by atoms with Gasteiger partial charge in [-0.2, -0.15) is 0 Å². The molecule has 0 aromatic heterocycles. The van der Waals surface area contributed by atoms with Crippen LogP contribution < -0.4 is 0 Å². The molecule has 0 nitrogen and oxygen atoms in total. The van der Waals surface area contributed by atoms with Crippen molar-refractivity contribution in [3.8, 4) is 23.0 Å². The zero-order valence-electron chi connectivity index (χ0n) is 8.62. The van der Waals surface area contributed by atoms with Gasteiger partial charge in [0.2, 0.25) is 0 Å². The summed E-state index contributed by atoms with van der Waals surface area (Å²) in [5, 5.41) is 0. The summed E-state index contributed by atoms with van der Waals surface area (Å²) in [6.45, 7) is 1.86. The second-order valence-electron chi connectivity index (χ2n) is 3.21. The average Bonchev–Trinajstić information content (AvgIpc) is 2.31. The van der Waals surface area contributed by atoms with E-state index in [1.54, 1.807) is 0 Å². The Hall–Kier alpha value is -2.00. The normalized spacial score (nSPS) is 9.13. The number of hydrogen-bond donors (Lipinski definition) is 0. The molecule has 0 N–H and O–H groups in total. The van der Waals surface area contributed by atoms with Crippen LogP contribution in [0.2, 0.25) is 0 Å². The van der Waals surface area contributed by atoms with Crippen LogP contribution in [0.1, 0.15) is 12.5 Å². The Labute approximate surface area is 90.6 Å². The molecule has 0 aliphatic carbocycles. The van der Waals surface area contributed by atoms with E-state index < -0.39 is 0 Å². The van der Waals surface area contributed by atoms with Crippen molar-refractivity contribution in [2.75, 3.05) is 0 Å². The van der Waals surface area contributed by atoms with Crippen molar-refractivity contribution in [3.63, 3.8) is 0 Å². The molecular formula is C15H11. The van der Waals surface area contributed by atoms with Crippen LogP contribution in [0, 0.1) is 17.9 Å². The minimum atomic E-state index is 1.08. The summed E-state index contributed by atoms with van der Waals surface area (Å²) in [4.78, 5) is 0. The highest BCUT2D eigenvalue weighted by Crippen LogP contribution is 2.22. The predicted molar refractivity (Wildman–Crippen MR) is 63.3 cm³/mol. The quantitative estimate of drug-likeness (QED) is 0.605. The number of rotatable bonds is 1. The van der Waals surface area contributed by atoms with Gasteiger partial charge in [0.1, 0.15) is 0 Å². The van der Waals surface area contributed by atoms with Crippen LogP contribution in [-0.4, -0.2) is 0 Å². The maximum absolute atomic E-state index is 3.11. The average molecular weight is 191 g/mol. The van der Waals surface area contributed by atoms with Gasteiger partial charge < -0.3 is 0 Å². The first kappa shape index (κ1) is 9.55. The lowest BCUT2D eigenvalue weighted by Crippen LogP contribution is -1.82. The Bertz CT molecular complexity index is 498. The summed E-state index contributed by atoms with van der Waals surface area (Å²) in [5.74, 6) is 6.05. The van der Waals surface area contributed by atoms with E-state index in [0.717, 1.165) is 5.56 Å². The van der Waals surface area contributed by atoms with E-state index in [1.807, 2.05) is 37.3 Å². The van der Waals surface area contributed by atoms with Gasteiger partial charge in [0.25, 0.3) is 0 Å². The van der Waals surface area contributed by atoms with E-state index in [9.17, 15) is 0 Å². The molecule has 0 amide bonds. The summed E-state index contributed by atoms with van der Waals surface area (Å²) < 4.78 is 0. The van der Waals surface area contributed by atoms with E-state index >= 15 is 0 Å². The fraction of sp³-hybridized carbons (Fsp3) is 0.0667. The van der Waals surface area contributed by atoms with Crippen molar-refractivity contribution in [1.82, 2.24) is 0 Å². The molecule has 2 aromatic carbocycles. The van der Waals surface area contributed by atoms with Gasteiger partial charge in [0, 0.05) is 5.56 Å². The molecular weight excluding hydrogens is 180 g/mol. The first-order valence-electron chi connectivity index (χ1n) is 4.90. The third-order valence-corrected chi connectivity index (χ3v) is 2.22. The van der Waals surface area contributed by atoms with Crippen LogP contribution in [-0.2, 0) is 0 Å². The van der Waals surface area contributed by atoms with Gasteiger partial charge in [-0.25, -0.2) is 0 Å². The molecule has 2 aromatic rings. The van der Waals surface area contributed by atoms with E-state index in [1.165, 1.54) is 11.1 Å². The third kappa shape index (κ3) is 2.08. The monoisotopic (exact) mass is 191 g/mol. The van der Waals surface area contributed by atoms with Crippen LogP contribution in [0.25, 0.3) is 11.1 Å². The van der Waals surface area contributed by atoms with Crippen molar-refractivity contribution in [2.24, 2.45) is 0 Å². The second-order valence-corrected chi connectivity index (χ2v) is 3.21. The van der Waals surface area contributed by atoms with Crippen LogP contribution >= 0.6 is 0 Å². The second kappa shape index (κ2) is 4.48. The van der Waals surface area contributed by atoms with Gasteiger partial charge in [0.15, 0.2) is 0 Å². The summed E-state index contributed by atoms with van der Waals surface area (Å²) in [6.07, 6.45) is 0. The van der Waals surface area contributed by atoms with Crippen molar-refractivity contribution in [2.45, 2.75) is 6.92 Å². The van der Waals surface area contributed by atoms with E-state index in [0.29, 0.717) is 0 Å². The Morgan fingerprint density at radius 1 is 1.00 bits per heavy atom. The van der Waals surface area contributed by atoms with E-state index in [-0.39, 0.29) is 0 Å². The molecule has 0 aliphatic heterocycles. The lowest BCUT2D eigenvalue weighted by atomic mass is 10.0. The Morgan fingerprint density at radius 3 is 2.47 bits per heavy atom. The molecule has 0 bridgehead atoms. The van der Waals surface area contributed by atoms with E-state index in [4.69, 9.17) is 0 Å². The molecule has 2 rings (SSSR count). The molecule has 0 saturated carbocycles. The SMILES string of the molecule is CC#Cc1ccccc1-c1cc[c]cc1. The van der Waals surface area contributed by atoms with E-state index in [2.05, 4.69) is 36.1 Å².